The molecule has 4 heteroatoms. The number of aryl methyl sites for hydroxylation is 1. The molecule has 0 bridgehead atoms. The molecule has 0 aliphatic heterocycles. The number of nitrogens with one attached hydrogen (secondary N) is 1. The maximum absolute atomic E-state index is 11.2. The lowest BCUT2D eigenvalue weighted by Gasteiger charge is -2.08. The molecule has 0 atom stereocenters. The third-order valence-corrected chi connectivity index (χ3v) is 3.65. The minimum absolute atomic E-state index is 0.143. The first kappa shape index (κ1) is 15.6. The highest BCUT2D eigenvalue weighted by molar-refractivity contribution is 5.83. The van der Waals surface area contributed by atoms with Gasteiger partial charge in [0.15, 0.2) is 0 Å². The van der Waals surface area contributed by atoms with Crippen molar-refractivity contribution in [3.05, 3.63) is 36.0 Å². The first-order valence-corrected chi connectivity index (χ1v) is 7.60. The van der Waals surface area contributed by atoms with E-state index in [0.717, 1.165) is 32.5 Å². The van der Waals surface area contributed by atoms with Crippen molar-refractivity contribution in [1.82, 2.24) is 9.88 Å². The molecular weight excluding hydrogens is 264 g/mol. The van der Waals surface area contributed by atoms with Crippen LogP contribution in [-0.2, 0) is 22.6 Å². The maximum atomic E-state index is 11.2. The largest absolute Gasteiger partial charge is 0.469 e. The summed E-state index contributed by atoms with van der Waals surface area (Å²) in [5.41, 5.74) is 2.56. The summed E-state index contributed by atoms with van der Waals surface area (Å²) in [6.45, 7) is 4.95. The molecule has 0 saturated heterocycles. The van der Waals surface area contributed by atoms with Crippen LogP contribution in [0.2, 0.25) is 0 Å². The molecule has 0 aliphatic carbocycles. The quantitative estimate of drug-likeness (QED) is 0.599. The molecule has 1 N–H and O–H groups in total. The van der Waals surface area contributed by atoms with Crippen molar-refractivity contribution < 1.29 is 9.53 Å². The monoisotopic (exact) mass is 288 g/mol. The Balaban J connectivity index is 2.05. The van der Waals surface area contributed by atoms with Crippen LogP contribution in [0, 0.1) is 0 Å². The lowest BCUT2D eigenvalue weighted by atomic mass is 10.1. The number of rotatable bonds is 8. The molecule has 0 radical (unpaired) electrons. The lowest BCUT2D eigenvalue weighted by molar-refractivity contribution is -0.140. The van der Waals surface area contributed by atoms with Crippen molar-refractivity contribution in [2.45, 2.75) is 39.3 Å². The number of carbonyl (C=O) groups excluding carboxylic acids is 1. The van der Waals surface area contributed by atoms with E-state index in [1.54, 1.807) is 0 Å². The molecule has 0 fully saturated rings. The van der Waals surface area contributed by atoms with Crippen molar-refractivity contribution in [1.29, 1.82) is 0 Å². The summed E-state index contributed by atoms with van der Waals surface area (Å²) in [7, 11) is 1.43. The van der Waals surface area contributed by atoms with Crippen LogP contribution in [0.4, 0.5) is 0 Å². The van der Waals surface area contributed by atoms with Crippen molar-refractivity contribution >= 4 is 16.9 Å². The molecule has 2 rings (SSSR count). The summed E-state index contributed by atoms with van der Waals surface area (Å²) in [5.74, 6) is -0.143. The van der Waals surface area contributed by atoms with E-state index in [0.29, 0.717) is 6.42 Å². The van der Waals surface area contributed by atoms with Gasteiger partial charge in [0.1, 0.15) is 0 Å². The van der Waals surface area contributed by atoms with E-state index < -0.39 is 0 Å². The fourth-order valence-corrected chi connectivity index (χ4v) is 2.53. The average Bonchev–Trinajstić information content (AvgIpc) is 2.91. The van der Waals surface area contributed by atoms with Crippen LogP contribution >= 0.6 is 0 Å². The zero-order valence-corrected chi connectivity index (χ0v) is 12.9. The highest BCUT2D eigenvalue weighted by Gasteiger charge is 2.06. The molecule has 0 aliphatic rings. The number of hydrogen-bond acceptors (Lipinski definition) is 3. The summed E-state index contributed by atoms with van der Waals surface area (Å²) in [4.78, 5) is 11.2. The van der Waals surface area contributed by atoms with E-state index in [1.165, 1.54) is 23.6 Å². The van der Waals surface area contributed by atoms with Crippen LogP contribution in [0.15, 0.2) is 30.5 Å². The Bertz CT molecular complexity index is 589. The second kappa shape index (κ2) is 7.84. The smallest absolute Gasteiger partial charge is 0.305 e. The number of esters is 1. The number of aromatic nitrogens is 1. The third-order valence-electron chi connectivity index (χ3n) is 3.65. The van der Waals surface area contributed by atoms with Gasteiger partial charge in [-0.15, -0.1) is 0 Å². The number of carbonyl (C=O) groups is 1. The Morgan fingerprint density at radius 1 is 1.33 bits per heavy atom. The van der Waals surface area contributed by atoms with Crippen molar-refractivity contribution in [2.24, 2.45) is 0 Å². The molecule has 1 heterocycles. The predicted molar refractivity (Wildman–Crippen MR) is 85.2 cm³/mol. The standard InChI is InChI=1S/C17H24N2O2/c1-3-10-18-13-14-6-4-7-16-15(14)9-12-19(16)11-5-8-17(20)21-2/h4,6-7,9,12,18H,3,5,8,10-11,13H2,1-2H3. The van der Waals surface area contributed by atoms with Crippen LogP contribution in [0.1, 0.15) is 31.7 Å². The van der Waals surface area contributed by atoms with Crippen LogP contribution in [0.5, 0.6) is 0 Å². The third kappa shape index (κ3) is 4.08. The van der Waals surface area contributed by atoms with Gasteiger partial charge in [0.25, 0.3) is 0 Å². The molecule has 2 aromatic rings. The van der Waals surface area contributed by atoms with Gasteiger partial charge in [-0.1, -0.05) is 19.1 Å². The zero-order valence-electron chi connectivity index (χ0n) is 12.9. The second-order valence-corrected chi connectivity index (χ2v) is 5.22. The van der Waals surface area contributed by atoms with Gasteiger partial charge >= 0.3 is 5.97 Å². The number of ether oxygens (including phenoxy) is 1. The van der Waals surface area contributed by atoms with E-state index in [-0.39, 0.29) is 5.97 Å². The topological polar surface area (TPSA) is 43.3 Å². The van der Waals surface area contributed by atoms with Gasteiger partial charge in [0.05, 0.1) is 7.11 Å². The summed E-state index contributed by atoms with van der Waals surface area (Å²) < 4.78 is 6.88. The number of nitrogens with zero attached hydrogens (tertiary/aromatic N) is 1. The predicted octanol–water partition coefficient (Wildman–Crippen LogP) is 3.09. The van der Waals surface area contributed by atoms with Crippen LogP contribution in [0.3, 0.4) is 0 Å². The van der Waals surface area contributed by atoms with Crippen LogP contribution in [-0.4, -0.2) is 24.2 Å². The summed E-state index contributed by atoms with van der Waals surface area (Å²) >= 11 is 0. The highest BCUT2D eigenvalue weighted by Crippen LogP contribution is 2.21. The minimum atomic E-state index is -0.143. The Morgan fingerprint density at radius 3 is 2.95 bits per heavy atom. The second-order valence-electron chi connectivity index (χ2n) is 5.22. The molecule has 0 amide bonds. The molecule has 21 heavy (non-hydrogen) atoms. The average molecular weight is 288 g/mol. The Morgan fingerprint density at radius 2 is 2.19 bits per heavy atom. The molecule has 1 aromatic carbocycles. The first-order chi connectivity index (χ1) is 10.3. The van der Waals surface area contributed by atoms with Gasteiger partial charge in [-0.25, -0.2) is 0 Å². The highest BCUT2D eigenvalue weighted by atomic mass is 16.5. The van der Waals surface area contributed by atoms with Crippen molar-refractivity contribution in [2.75, 3.05) is 13.7 Å². The molecule has 4 nitrogen and oxygen atoms in total. The lowest BCUT2D eigenvalue weighted by Crippen LogP contribution is -2.13. The van der Waals surface area contributed by atoms with Crippen molar-refractivity contribution in [3.63, 3.8) is 0 Å². The van der Waals surface area contributed by atoms with Crippen LogP contribution in [0.25, 0.3) is 10.9 Å². The molecule has 1 aromatic heterocycles. The molecule has 0 spiro atoms. The maximum Gasteiger partial charge on any atom is 0.305 e. The Kier molecular flexibility index (Phi) is 5.81. The molecule has 114 valence electrons. The summed E-state index contributed by atoms with van der Waals surface area (Å²) in [6.07, 6.45) is 4.51. The summed E-state index contributed by atoms with van der Waals surface area (Å²) in [5, 5.41) is 4.74. The number of fused-ring (bicyclic) bond motifs is 1. The Labute approximate surface area is 126 Å². The van der Waals surface area contributed by atoms with E-state index in [2.05, 4.69) is 52.0 Å². The van der Waals surface area contributed by atoms with E-state index in [9.17, 15) is 4.79 Å². The van der Waals surface area contributed by atoms with Gasteiger partial charge in [-0.2, -0.15) is 0 Å². The van der Waals surface area contributed by atoms with Gasteiger partial charge in [0, 0.05) is 36.6 Å². The van der Waals surface area contributed by atoms with E-state index in [4.69, 9.17) is 0 Å². The SMILES string of the molecule is CCCNCc1cccc2c1ccn2CCCC(=O)OC. The zero-order chi connectivity index (χ0) is 15.1. The van der Waals surface area contributed by atoms with Gasteiger partial charge in [0.2, 0.25) is 0 Å². The van der Waals surface area contributed by atoms with E-state index >= 15 is 0 Å². The number of benzene rings is 1. The normalized spacial score (nSPS) is 11.0. The van der Waals surface area contributed by atoms with Gasteiger partial charge in [-0.05, 0) is 37.1 Å². The van der Waals surface area contributed by atoms with Gasteiger partial charge < -0.3 is 14.6 Å². The number of methoxy groups -OCH3 is 1. The molecular formula is C17H24N2O2. The fraction of sp³-hybridized carbons (Fsp3) is 0.471. The van der Waals surface area contributed by atoms with E-state index in [1.807, 2.05) is 0 Å². The van der Waals surface area contributed by atoms with Gasteiger partial charge in [-0.3, -0.25) is 4.79 Å². The minimum Gasteiger partial charge on any atom is -0.469 e. The molecule has 0 saturated carbocycles. The Hall–Kier alpha value is -1.81. The first-order valence-electron chi connectivity index (χ1n) is 7.60. The fourth-order valence-electron chi connectivity index (χ4n) is 2.53. The van der Waals surface area contributed by atoms with Crippen molar-refractivity contribution in [3.8, 4) is 0 Å². The number of hydrogen-bond donors (Lipinski definition) is 1. The summed E-state index contributed by atoms with van der Waals surface area (Å²) in [6, 6.07) is 8.57. The van der Waals surface area contributed by atoms with Crippen LogP contribution < -0.4 is 5.32 Å². The molecule has 0 unspecified atom stereocenters.